The molecule has 0 aromatic heterocycles. The van der Waals surface area contributed by atoms with Crippen LogP contribution in [0.25, 0.3) is 0 Å². The molecule has 0 aliphatic heterocycles. The molecule has 0 saturated carbocycles. The second kappa shape index (κ2) is 15.2. The monoisotopic (exact) mass is 631 g/mol. The number of ketones is 1. The Morgan fingerprint density at radius 3 is 2.29 bits per heavy atom. The molecule has 3 rings (SSSR count). The predicted molar refractivity (Wildman–Crippen MR) is 167 cm³/mol. The van der Waals surface area contributed by atoms with E-state index in [1.165, 1.54) is 24.0 Å². The van der Waals surface area contributed by atoms with Crippen LogP contribution in [-0.4, -0.2) is 56.3 Å². The van der Waals surface area contributed by atoms with Gasteiger partial charge in [-0.05, 0) is 48.7 Å². The third-order valence-corrected chi connectivity index (χ3v) is 8.40. The van der Waals surface area contributed by atoms with Gasteiger partial charge in [-0.1, -0.05) is 85.1 Å². The maximum Gasteiger partial charge on any atom is 0.244 e. The summed E-state index contributed by atoms with van der Waals surface area (Å²) >= 11 is 12.6. The highest BCUT2D eigenvalue weighted by atomic mass is 35.5. The van der Waals surface area contributed by atoms with Crippen LogP contribution in [0.4, 0.5) is 5.69 Å². The van der Waals surface area contributed by atoms with Crippen LogP contribution in [0.1, 0.15) is 48.2 Å². The molecule has 1 atom stereocenters. The van der Waals surface area contributed by atoms with Crippen LogP contribution in [0.3, 0.4) is 0 Å². The molecule has 3 aromatic carbocycles. The van der Waals surface area contributed by atoms with Crippen molar-refractivity contribution in [3.63, 3.8) is 0 Å². The lowest BCUT2D eigenvalue weighted by Gasteiger charge is -2.33. The van der Waals surface area contributed by atoms with E-state index < -0.39 is 28.5 Å². The number of anilines is 1. The summed E-state index contributed by atoms with van der Waals surface area (Å²) in [7, 11) is -3.97. The first kappa shape index (κ1) is 33.1. The first-order valence-corrected chi connectivity index (χ1v) is 16.1. The SMILES string of the molecule is CCCCNC(=O)C(Cc1ccccc1)N(Cc1ccc(Cl)cc1Cl)C(=O)CN(c1cccc(C(C)=O)c1)S(C)(=O)=O. The predicted octanol–water partition coefficient (Wildman–Crippen LogP) is 5.52. The molecule has 0 aliphatic carbocycles. The van der Waals surface area contributed by atoms with Crippen LogP contribution in [0, 0.1) is 0 Å². The number of sulfonamides is 1. The lowest BCUT2D eigenvalue weighted by Crippen LogP contribution is -2.53. The van der Waals surface area contributed by atoms with Gasteiger partial charge in [0.1, 0.15) is 12.6 Å². The Kier molecular flexibility index (Phi) is 12.0. The number of carbonyl (C=O) groups excluding carboxylic acids is 3. The molecule has 8 nitrogen and oxygen atoms in total. The van der Waals surface area contributed by atoms with Gasteiger partial charge in [0.25, 0.3) is 0 Å². The van der Waals surface area contributed by atoms with Crippen molar-refractivity contribution >= 4 is 56.5 Å². The van der Waals surface area contributed by atoms with Crippen LogP contribution in [0.5, 0.6) is 0 Å². The minimum atomic E-state index is -3.97. The van der Waals surface area contributed by atoms with Crippen LogP contribution < -0.4 is 9.62 Å². The zero-order valence-corrected chi connectivity index (χ0v) is 26.2. The van der Waals surface area contributed by atoms with E-state index in [-0.39, 0.29) is 30.3 Å². The van der Waals surface area contributed by atoms with E-state index in [1.54, 1.807) is 30.3 Å². The van der Waals surface area contributed by atoms with Crippen LogP contribution in [0.2, 0.25) is 10.0 Å². The quantitative estimate of drug-likeness (QED) is 0.186. The van der Waals surface area contributed by atoms with Gasteiger partial charge in [0.15, 0.2) is 5.78 Å². The van der Waals surface area contributed by atoms with Crippen LogP contribution in [-0.2, 0) is 32.6 Å². The first-order valence-electron chi connectivity index (χ1n) is 13.5. The number of carbonyl (C=O) groups is 3. The van der Waals surface area contributed by atoms with Gasteiger partial charge in [-0.3, -0.25) is 18.7 Å². The smallest absolute Gasteiger partial charge is 0.244 e. The first-order chi connectivity index (χ1) is 19.9. The fourth-order valence-electron chi connectivity index (χ4n) is 4.39. The molecule has 0 spiro atoms. The Morgan fingerprint density at radius 2 is 1.67 bits per heavy atom. The summed E-state index contributed by atoms with van der Waals surface area (Å²) in [5.74, 6) is -1.23. The molecule has 0 radical (unpaired) electrons. The van der Waals surface area contributed by atoms with Crippen LogP contribution >= 0.6 is 23.2 Å². The Hall–Kier alpha value is -3.40. The summed E-state index contributed by atoms with van der Waals surface area (Å²) in [5, 5.41) is 3.64. The molecule has 2 amide bonds. The molecule has 0 fully saturated rings. The number of hydrogen-bond acceptors (Lipinski definition) is 5. The number of unbranched alkanes of at least 4 members (excludes halogenated alkanes) is 1. The van der Waals surface area contributed by atoms with Gasteiger partial charge in [-0.2, -0.15) is 0 Å². The number of halogens is 2. The third-order valence-electron chi connectivity index (χ3n) is 6.68. The fraction of sp³-hybridized carbons (Fsp3) is 0.323. The van der Waals surface area contributed by atoms with Crippen molar-refractivity contribution in [2.45, 2.75) is 45.7 Å². The lowest BCUT2D eigenvalue weighted by atomic mass is 10.0. The topological polar surface area (TPSA) is 104 Å². The van der Waals surface area contributed by atoms with Crippen molar-refractivity contribution < 1.29 is 22.8 Å². The van der Waals surface area contributed by atoms with E-state index in [2.05, 4.69) is 5.32 Å². The average Bonchev–Trinajstić information content (AvgIpc) is 2.94. The third kappa shape index (κ3) is 9.31. The number of Topliss-reactive ketones (excluding diaryl/α,β-unsaturated/α-hetero) is 1. The molecule has 42 heavy (non-hydrogen) atoms. The maximum atomic E-state index is 14.1. The maximum absolute atomic E-state index is 14.1. The van der Waals surface area contributed by atoms with E-state index in [1.807, 2.05) is 37.3 Å². The average molecular weight is 633 g/mol. The van der Waals surface area contributed by atoms with Crippen molar-refractivity contribution in [3.8, 4) is 0 Å². The summed E-state index contributed by atoms with van der Waals surface area (Å²) in [4.78, 5) is 41.1. The number of benzene rings is 3. The number of amides is 2. The minimum absolute atomic E-state index is 0.0708. The molecule has 3 aromatic rings. The Morgan fingerprint density at radius 1 is 0.952 bits per heavy atom. The fourth-order valence-corrected chi connectivity index (χ4v) is 5.70. The van der Waals surface area contributed by atoms with Gasteiger partial charge in [0, 0.05) is 35.1 Å². The van der Waals surface area contributed by atoms with Gasteiger partial charge in [0.05, 0.1) is 11.9 Å². The zero-order valence-electron chi connectivity index (χ0n) is 23.8. The zero-order chi connectivity index (χ0) is 30.9. The number of nitrogens with zero attached hydrogens (tertiary/aromatic N) is 2. The Labute approximate surface area is 257 Å². The molecule has 0 saturated heterocycles. The van der Waals surface area contributed by atoms with Crippen molar-refractivity contribution in [3.05, 3.63) is 99.5 Å². The van der Waals surface area contributed by atoms with Gasteiger partial charge < -0.3 is 10.2 Å². The summed E-state index contributed by atoms with van der Waals surface area (Å²) < 4.78 is 26.8. The standard InChI is InChI=1S/C31H35Cl2N3O5S/c1-4-5-16-34-31(39)29(17-23-10-7-6-8-11-23)35(20-25-14-15-26(32)19-28(25)33)30(38)21-36(42(3,40)41)27-13-9-12-24(18-27)22(2)37/h6-15,18-19,29H,4-5,16-17,20-21H2,1-3H3,(H,34,39). The van der Waals surface area contributed by atoms with E-state index in [0.29, 0.717) is 27.7 Å². The highest BCUT2D eigenvalue weighted by molar-refractivity contribution is 7.92. The second-order valence-electron chi connectivity index (χ2n) is 9.98. The summed E-state index contributed by atoms with van der Waals surface area (Å²) in [6, 6.07) is 19.2. The number of hydrogen-bond donors (Lipinski definition) is 1. The van der Waals surface area contributed by atoms with Crippen molar-refractivity contribution in [1.29, 1.82) is 0 Å². The Bertz CT molecular complexity index is 1520. The van der Waals surface area contributed by atoms with Crippen LogP contribution in [0.15, 0.2) is 72.8 Å². The van der Waals surface area contributed by atoms with Gasteiger partial charge in [-0.25, -0.2) is 8.42 Å². The van der Waals surface area contributed by atoms with Gasteiger partial charge >= 0.3 is 0 Å². The van der Waals surface area contributed by atoms with E-state index in [0.717, 1.165) is 29.0 Å². The number of rotatable bonds is 14. The minimum Gasteiger partial charge on any atom is -0.354 e. The van der Waals surface area contributed by atoms with E-state index in [9.17, 15) is 22.8 Å². The molecule has 11 heteroatoms. The number of nitrogens with one attached hydrogen (secondary N) is 1. The summed E-state index contributed by atoms with van der Waals surface area (Å²) in [6.07, 6.45) is 2.80. The largest absolute Gasteiger partial charge is 0.354 e. The van der Waals surface area contributed by atoms with E-state index in [4.69, 9.17) is 23.2 Å². The van der Waals surface area contributed by atoms with Crippen molar-refractivity contribution in [2.75, 3.05) is 23.7 Å². The molecule has 0 aliphatic rings. The van der Waals surface area contributed by atoms with Gasteiger partial charge in [0.2, 0.25) is 21.8 Å². The highest BCUT2D eigenvalue weighted by Gasteiger charge is 2.33. The highest BCUT2D eigenvalue weighted by Crippen LogP contribution is 2.25. The lowest BCUT2D eigenvalue weighted by molar-refractivity contribution is -0.140. The van der Waals surface area contributed by atoms with Gasteiger partial charge in [-0.15, -0.1) is 0 Å². The molecular formula is C31H35Cl2N3O5S. The van der Waals surface area contributed by atoms with Crippen molar-refractivity contribution in [1.82, 2.24) is 10.2 Å². The molecule has 1 N–H and O–H groups in total. The molecule has 0 heterocycles. The molecule has 1 unspecified atom stereocenters. The summed E-state index contributed by atoms with van der Waals surface area (Å²) in [5.41, 5.74) is 1.83. The molecule has 0 bridgehead atoms. The van der Waals surface area contributed by atoms with E-state index >= 15 is 0 Å². The Balaban J connectivity index is 2.08. The summed E-state index contributed by atoms with van der Waals surface area (Å²) in [6.45, 7) is 3.14. The molecular weight excluding hydrogens is 597 g/mol. The normalized spacial score (nSPS) is 11.9. The van der Waals surface area contributed by atoms with Crippen molar-refractivity contribution in [2.24, 2.45) is 0 Å². The molecule has 224 valence electrons. The second-order valence-corrected chi connectivity index (χ2v) is 12.7.